The lowest BCUT2D eigenvalue weighted by molar-refractivity contribution is 0.102. The van der Waals surface area contributed by atoms with Crippen LogP contribution in [0.5, 0.6) is 5.75 Å². The highest BCUT2D eigenvalue weighted by molar-refractivity contribution is 7.16. The van der Waals surface area contributed by atoms with Crippen LogP contribution in [0.1, 0.15) is 15.2 Å². The van der Waals surface area contributed by atoms with Crippen molar-refractivity contribution in [2.75, 3.05) is 12.4 Å². The molecule has 28 heavy (non-hydrogen) atoms. The number of pyridine rings is 1. The Labute approximate surface area is 164 Å². The summed E-state index contributed by atoms with van der Waals surface area (Å²) in [6.45, 7) is 1.95. The summed E-state index contributed by atoms with van der Waals surface area (Å²) in [7, 11) is 1.53. The van der Waals surface area contributed by atoms with Gasteiger partial charge in [-0.2, -0.15) is 0 Å². The van der Waals surface area contributed by atoms with E-state index in [1.54, 1.807) is 18.2 Å². The first-order chi connectivity index (χ1) is 13.6. The maximum atomic E-state index is 12.8. The minimum absolute atomic E-state index is 0.0230. The molecule has 140 valence electrons. The number of benzene rings is 2. The number of amides is 1. The number of nitrogens with one attached hydrogen (secondary N) is 2. The van der Waals surface area contributed by atoms with Crippen LogP contribution in [0, 0.1) is 6.92 Å². The molecule has 6 nitrogen and oxygen atoms in total. The van der Waals surface area contributed by atoms with Gasteiger partial charge in [0.25, 0.3) is 5.91 Å². The van der Waals surface area contributed by atoms with E-state index in [0.29, 0.717) is 21.8 Å². The third-order valence-electron chi connectivity index (χ3n) is 4.41. The molecule has 2 aromatic carbocycles. The van der Waals surface area contributed by atoms with Crippen molar-refractivity contribution in [3.05, 3.63) is 75.4 Å². The van der Waals surface area contributed by atoms with Gasteiger partial charge in [0.2, 0.25) is 5.43 Å². The molecule has 1 amide bonds. The van der Waals surface area contributed by atoms with E-state index in [1.807, 2.05) is 37.3 Å². The van der Waals surface area contributed by atoms with Gasteiger partial charge in [0.05, 0.1) is 23.7 Å². The molecule has 4 aromatic rings. The molecule has 0 spiro atoms. The quantitative estimate of drug-likeness (QED) is 0.545. The fraction of sp³-hybridized carbons (Fsp3) is 0.0952. The van der Waals surface area contributed by atoms with Crippen LogP contribution < -0.4 is 15.5 Å². The van der Waals surface area contributed by atoms with Crippen molar-refractivity contribution in [1.82, 2.24) is 9.97 Å². The number of hydrogen-bond donors (Lipinski definition) is 2. The number of thiazole rings is 1. The first-order valence-electron chi connectivity index (χ1n) is 8.61. The Balaban J connectivity index is 1.66. The molecule has 2 N–H and O–H groups in total. The molecule has 0 fully saturated rings. The molecule has 0 aliphatic rings. The van der Waals surface area contributed by atoms with Crippen LogP contribution in [0.15, 0.2) is 59.5 Å². The first-order valence-corrected chi connectivity index (χ1v) is 9.42. The second-order valence-corrected chi connectivity index (χ2v) is 7.36. The van der Waals surface area contributed by atoms with Gasteiger partial charge in [-0.3, -0.25) is 14.9 Å². The molecule has 7 heteroatoms. The molecule has 0 bridgehead atoms. The van der Waals surface area contributed by atoms with E-state index >= 15 is 0 Å². The van der Waals surface area contributed by atoms with Gasteiger partial charge in [-0.25, -0.2) is 4.98 Å². The zero-order valence-corrected chi connectivity index (χ0v) is 16.1. The number of hydrogen-bond acceptors (Lipinski definition) is 5. The number of carbonyl (C=O) groups is 1. The third-order valence-corrected chi connectivity index (χ3v) is 5.29. The second-order valence-electron chi connectivity index (χ2n) is 6.16. The third kappa shape index (κ3) is 3.16. The summed E-state index contributed by atoms with van der Waals surface area (Å²) >= 11 is 1.37. The van der Waals surface area contributed by atoms with E-state index in [4.69, 9.17) is 4.74 Å². The van der Waals surface area contributed by atoms with Gasteiger partial charge in [-0.05, 0) is 19.1 Å². The number of aryl methyl sites for hydroxylation is 1. The van der Waals surface area contributed by atoms with Crippen LogP contribution in [-0.4, -0.2) is 23.0 Å². The number of fused-ring (bicyclic) bond motifs is 1. The van der Waals surface area contributed by atoms with E-state index in [1.165, 1.54) is 24.6 Å². The fourth-order valence-electron chi connectivity index (χ4n) is 3.04. The van der Waals surface area contributed by atoms with E-state index in [9.17, 15) is 9.59 Å². The van der Waals surface area contributed by atoms with Gasteiger partial charge < -0.3 is 9.72 Å². The average molecular weight is 391 g/mol. The first kappa shape index (κ1) is 17.9. The number of nitrogens with zero attached hydrogens (tertiary/aromatic N) is 1. The van der Waals surface area contributed by atoms with Crippen LogP contribution in [0.25, 0.3) is 22.2 Å². The molecule has 0 saturated heterocycles. The zero-order valence-electron chi connectivity index (χ0n) is 15.3. The molecule has 0 atom stereocenters. The molecule has 2 aromatic heterocycles. The predicted octanol–water partition coefficient (Wildman–Crippen LogP) is 4.22. The number of methoxy groups -OCH3 is 1. The summed E-state index contributed by atoms with van der Waals surface area (Å²) < 4.78 is 5.26. The topological polar surface area (TPSA) is 84.1 Å². The maximum Gasteiger partial charge on any atom is 0.262 e. The van der Waals surface area contributed by atoms with Gasteiger partial charge in [-0.15, -0.1) is 11.3 Å². The van der Waals surface area contributed by atoms with Crippen molar-refractivity contribution in [1.29, 1.82) is 0 Å². The number of ether oxygens (including phenoxy) is 1. The highest BCUT2D eigenvalue weighted by atomic mass is 32.1. The lowest BCUT2D eigenvalue weighted by Gasteiger charge is -2.07. The molecule has 0 radical (unpaired) electrons. The predicted molar refractivity (Wildman–Crippen MR) is 111 cm³/mol. The summed E-state index contributed by atoms with van der Waals surface area (Å²) in [4.78, 5) is 34.0. The molecule has 0 aliphatic heterocycles. The SMILES string of the molecule is COc1cccc2c(=O)c(C(=O)Nc3nc(-c4ccccc4)c(C)s3)c[nH]c12. The second kappa shape index (κ2) is 7.28. The van der Waals surface area contributed by atoms with Gasteiger partial charge in [0, 0.05) is 16.6 Å². The lowest BCUT2D eigenvalue weighted by atomic mass is 10.1. The highest BCUT2D eigenvalue weighted by Gasteiger charge is 2.17. The Morgan fingerprint density at radius 2 is 1.93 bits per heavy atom. The summed E-state index contributed by atoms with van der Waals surface area (Å²) in [5.41, 5.74) is 2.02. The van der Waals surface area contributed by atoms with Crippen molar-refractivity contribution in [3.8, 4) is 17.0 Å². The Hall–Kier alpha value is -3.45. The van der Waals surface area contributed by atoms with E-state index in [-0.39, 0.29) is 11.0 Å². The van der Waals surface area contributed by atoms with Crippen LogP contribution in [0.2, 0.25) is 0 Å². The van der Waals surface area contributed by atoms with Crippen LogP contribution in [0.4, 0.5) is 5.13 Å². The molecular weight excluding hydrogens is 374 g/mol. The Morgan fingerprint density at radius 3 is 2.68 bits per heavy atom. The number of rotatable bonds is 4. The van der Waals surface area contributed by atoms with Crippen molar-refractivity contribution in [2.24, 2.45) is 0 Å². The van der Waals surface area contributed by atoms with E-state index in [2.05, 4.69) is 15.3 Å². The zero-order chi connectivity index (χ0) is 19.7. The molecule has 0 saturated carbocycles. The van der Waals surface area contributed by atoms with Gasteiger partial charge in [0.1, 0.15) is 11.3 Å². The standard InChI is InChI=1S/C21H17N3O3S/c1-12-17(13-7-4-3-5-8-13)23-21(28-12)24-20(26)15-11-22-18-14(19(15)25)9-6-10-16(18)27-2/h3-11H,1-2H3,(H,22,25)(H,23,24,26). The van der Waals surface area contributed by atoms with Crippen LogP contribution >= 0.6 is 11.3 Å². The van der Waals surface area contributed by atoms with Crippen molar-refractivity contribution >= 4 is 33.3 Å². The van der Waals surface area contributed by atoms with Gasteiger partial charge in [-0.1, -0.05) is 36.4 Å². The largest absolute Gasteiger partial charge is 0.495 e. The number of H-pyrrole nitrogens is 1. The number of aromatic amines is 1. The van der Waals surface area contributed by atoms with Crippen molar-refractivity contribution < 1.29 is 9.53 Å². The Kier molecular flexibility index (Phi) is 4.67. The number of aromatic nitrogens is 2. The monoisotopic (exact) mass is 391 g/mol. The highest BCUT2D eigenvalue weighted by Crippen LogP contribution is 2.30. The normalized spacial score (nSPS) is 10.8. The van der Waals surface area contributed by atoms with Gasteiger partial charge >= 0.3 is 0 Å². The van der Waals surface area contributed by atoms with E-state index < -0.39 is 5.91 Å². The summed E-state index contributed by atoms with van der Waals surface area (Å²) in [5, 5.41) is 3.59. The molecule has 0 unspecified atom stereocenters. The fourth-order valence-corrected chi connectivity index (χ4v) is 3.87. The minimum Gasteiger partial charge on any atom is -0.495 e. The molecule has 2 heterocycles. The summed E-state index contributed by atoms with van der Waals surface area (Å²) in [6, 6.07) is 14.9. The number of para-hydroxylation sites is 1. The summed E-state index contributed by atoms with van der Waals surface area (Å²) in [5.74, 6) is 0.0453. The molecule has 4 rings (SSSR count). The lowest BCUT2D eigenvalue weighted by Crippen LogP contribution is -2.22. The summed E-state index contributed by atoms with van der Waals surface area (Å²) in [6.07, 6.45) is 1.40. The number of anilines is 1. The Bertz CT molecular complexity index is 1230. The van der Waals surface area contributed by atoms with Gasteiger partial charge in [0.15, 0.2) is 5.13 Å². The molecule has 0 aliphatic carbocycles. The van der Waals surface area contributed by atoms with Crippen molar-refractivity contribution in [3.63, 3.8) is 0 Å². The maximum absolute atomic E-state index is 12.8. The smallest absolute Gasteiger partial charge is 0.262 e. The number of carbonyl (C=O) groups excluding carboxylic acids is 1. The van der Waals surface area contributed by atoms with Crippen molar-refractivity contribution in [2.45, 2.75) is 6.92 Å². The molecular formula is C21H17N3O3S. The average Bonchev–Trinajstić information content (AvgIpc) is 3.08. The minimum atomic E-state index is -0.501. The Morgan fingerprint density at radius 1 is 1.14 bits per heavy atom. The van der Waals surface area contributed by atoms with Crippen LogP contribution in [0.3, 0.4) is 0 Å². The van der Waals surface area contributed by atoms with E-state index in [0.717, 1.165) is 16.1 Å². The van der Waals surface area contributed by atoms with Crippen LogP contribution in [-0.2, 0) is 0 Å².